The number of fused-ring (bicyclic) bond motifs is 1. The molecule has 3 aromatic heterocycles. The van der Waals surface area contributed by atoms with E-state index >= 15 is 0 Å². The molecule has 28 heavy (non-hydrogen) atoms. The van der Waals surface area contributed by atoms with E-state index in [1.165, 1.54) is 18.5 Å². The third-order valence-electron chi connectivity index (χ3n) is 4.46. The van der Waals surface area contributed by atoms with E-state index < -0.39 is 11.6 Å². The molecular weight excluding hydrogens is 362 g/mol. The van der Waals surface area contributed by atoms with Gasteiger partial charge in [0.2, 0.25) is 0 Å². The summed E-state index contributed by atoms with van der Waals surface area (Å²) in [6, 6.07) is 6.86. The number of benzene rings is 1. The zero-order valence-corrected chi connectivity index (χ0v) is 15.2. The first-order valence-corrected chi connectivity index (χ1v) is 8.98. The molecule has 0 radical (unpaired) electrons. The zero-order valence-electron chi connectivity index (χ0n) is 15.2. The predicted octanol–water partition coefficient (Wildman–Crippen LogP) is 4.42. The summed E-state index contributed by atoms with van der Waals surface area (Å²) in [6.07, 6.45) is 8.12. The lowest BCUT2D eigenvalue weighted by Crippen LogP contribution is -2.13. The van der Waals surface area contributed by atoms with Gasteiger partial charge in [-0.05, 0) is 18.6 Å². The highest BCUT2D eigenvalue weighted by Crippen LogP contribution is 2.28. The van der Waals surface area contributed by atoms with Crippen LogP contribution in [0, 0.1) is 11.6 Å². The quantitative estimate of drug-likeness (QED) is 0.536. The Kier molecular flexibility index (Phi) is 4.92. The number of halogens is 2. The van der Waals surface area contributed by atoms with Crippen molar-refractivity contribution in [3.05, 3.63) is 72.4 Å². The van der Waals surface area contributed by atoms with Crippen molar-refractivity contribution >= 4 is 11.5 Å². The molecular formula is C20H18F2N6. The number of anilines is 1. The fraction of sp³-hybridized carbons (Fsp3) is 0.200. The van der Waals surface area contributed by atoms with Crippen LogP contribution >= 0.6 is 0 Å². The van der Waals surface area contributed by atoms with E-state index in [1.54, 1.807) is 35.2 Å². The highest BCUT2D eigenvalue weighted by atomic mass is 19.1. The lowest BCUT2D eigenvalue weighted by atomic mass is 10.0. The van der Waals surface area contributed by atoms with Gasteiger partial charge >= 0.3 is 0 Å². The van der Waals surface area contributed by atoms with Gasteiger partial charge in [0.15, 0.2) is 5.65 Å². The van der Waals surface area contributed by atoms with Crippen molar-refractivity contribution in [2.75, 3.05) is 5.32 Å². The monoisotopic (exact) mass is 380 g/mol. The Hall–Kier alpha value is -3.42. The second kappa shape index (κ2) is 7.67. The Morgan fingerprint density at radius 2 is 2.04 bits per heavy atom. The first-order chi connectivity index (χ1) is 13.7. The molecule has 0 amide bonds. The number of nitrogens with one attached hydrogen (secondary N) is 1. The maximum atomic E-state index is 14.3. The minimum atomic E-state index is -0.596. The van der Waals surface area contributed by atoms with Crippen LogP contribution in [0.15, 0.2) is 55.2 Å². The highest BCUT2D eigenvalue weighted by molar-refractivity contribution is 5.75. The molecule has 0 unspecified atom stereocenters. The number of nitrogens with zero attached hydrogens (tertiary/aromatic N) is 5. The minimum Gasteiger partial charge on any atom is -0.363 e. The van der Waals surface area contributed by atoms with E-state index in [1.807, 2.05) is 6.92 Å². The molecule has 3 heterocycles. The third-order valence-corrected chi connectivity index (χ3v) is 4.46. The van der Waals surface area contributed by atoms with Crippen LogP contribution in [0.1, 0.15) is 31.4 Å². The molecule has 0 spiro atoms. The van der Waals surface area contributed by atoms with Gasteiger partial charge < -0.3 is 5.32 Å². The molecule has 0 aliphatic carbocycles. The Morgan fingerprint density at radius 3 is 2.86 bits per heavy atom. The second-order valence-corrected chi connectivity index (χ2v) is 6.39. The summed E-state index contributed by atoms with van der Waals surface area (Å²) in [4.78, 5) is 12.9. The average Bonchev–Trinajstić information content (AvgIpc) is 3.12. The number of rotatable bonds is 6. The van der Waals surface area contributed by atoms with Crippen LogP contribution in [0.2, 0.25) is 0 Å². The molecule has 0 saturated heterocycles. The number of hydrogen-bond donors (Lipinski definition) is 1. The number of hydrogen-bond acceptors (Lipinski definition) is 5. The van der Waals surface area contributed by atoms with Crippen molar-refractivity contribution in [2.45, 2.75) is 25.8 Å². The van der Waals surface area contributed by atoms with Crippen LogP contribution in [0.5, 0.6) is 0 Å². The van der Waals surface area contributed by atoms with Crippen molar-refractivity contribution in [1.29, 1.82) is 0 Å². The smallest absolute Gasteiger partial charge is 0.164 e. The van der Waals surface area contributed by atoms with Crippen LogP contribution in [-0.2, 0) is 0 Å². The topological polar surface area (TPSA) is 68.0 Å². The summed E-state index contributed by atoms with van der Waals surface area (Å²) in [5.41, 5.74) is 2.51. The van der Waals surface area contributed by atoms with E-state index in [9.17, 15) is 8.78 Å². The van der Waals surface area contributed by atoms with Crippen molar-refractivity contribution < 1.29 is 8.78 Å². The van der Waals surface area contributed by atoms with E-state index in [0.29, 0.717) is 29.1 Å². The Bertz CT molecular complexity index is 1110. The standard InChI is InChI=1S/C20H18F2N6/c1-2-4-17(14-6-5-13(21)9-16(14)22)27-19-10-18(24-12-25-19)15-11-26-28-8-3-7-23-20(15)28/h3,5-12,17H,2,4H2,1H3,(H,24,25,27)/t17-/m0/s1. The SMILES string of the molecule is CCC[C@H](Nc1cc(-c2cnn3cccnc23)ncn1)c1ccc(F)cc1F. The summed E-state index contributed by atoms with van der Waals surface area (Å²) in [6.45, 7) is 2.01. The molecule has 0 bridgehead atoms. The van der Waals surface area contributed by atoms with Crippen LogP contribution in [0.4, 0.5) is 14.6 Å². The van der Waals surface area contributed by atoms with Crippen molar-refractivity contribution in [3.8, 4) is 11.3 Å². The molecule has 1 atom stereocenters. The maximum absolute atomic E-state index is 14.3. The van der Waals surface area contributed by atoms with Crippen molar-refractivity contribution in [2.24, 2.45) is 0 Å². The zero-order chi connectivity index (χ0) is 19.5. The van der Waals surface area contributed by atoms with Gasteiger partial charge in [-0.2, -0.15) is 5.10 Å². The highest BCUT2D eigenvalue weighted by Gasteiger charge is 2.17. The Morgan fingerprint density at radius 1 is 1.14 bits per heavy atom. The predicted molar refractivity (Wildman–Crippen MR) is 102 cm³/mol. The second-order valence-electron chi connectivity index (χ2n) is 6.39. The van der Waals surface area contributed by atoms with Gasteiger partial charge in [0.25, 0.3) is 0 Å². The number of aromatic nitrogens is 5. The molecule has 4 rings (SSSR count). The Balaban J connectivity index is 1.66. The summed E-state index contributed by atoms with van der Waals surface area (Å²) in [5, 5.41) is 7.52. The largest absolute Gasteiger partial charge is 0.363 e. The molecule has 0 aliphatic rings. The van der Waals surface area contributed by atoms with Gasteiger partial charge in [0, 0.05) is 30.1 Å². The van der Waals surface area contributed by atoms with E-state index in [0.717, 1.165) is 18.1 Å². The third kappa shape index (κ3) is 3.53. The lowest BCUT2D eigenvalue weighted by molar-refractivity contribution is 0.551. The molecule has 6 nitrogen and oxygen atoms in total. The van der Waals surface area contributed by atoms with E-state index in [2.05, 4.69) is 25.4 Å². The summed E-state index contributed by atoms with van der Waals surface area (Å²) >= 11 is 0. The van der Waals surface area contributed by atoms with Gasteiger partial charge in [0.1, 0.15) is 23.8 Å². The van der Waals surface area contributed by atoms with Crippen LogP contribution in [0.3, 0.4) is 0 Å². The van der Waals surface area contributed by atoms with Gasteiger partial charge in [-0.3, -0.25) is 0 Å². The normalized spacial score (nSPS) is 12.2. The van der Waals surface area contributed by atoms with Crippen LogP contribution in [-0.4, -0.2) is 24.6 Å². The summed E-state index contributed by atoms with van der Waals surface area (Å²) < 4.78 is 29.2. The van der Waals surface area contributed by atoms with Gasteiger partial charge in [0.05, 0.1) is 23.5 Å². The maximum Gasteiger partial charge on any atom is 0.164 e. The molecule has 0 saturated carbocycles. The van der Waals surface area contributed by atoms with Gasteiger partial charge in [-0.15, -0.1) is 0 Å². The molecule has 1 N–H and O–H groups in total. The molecule has 1 aromatic carbocycles. The minimum absolute atomic E-state index is 0.338. The fourth-order valence-corrected chi connectivity index (χ4v) is 3.15. The van der Waals surface area contributed by atoms with Crippen molar-refractivity contribution in [3.63, 3.8) is 0 Å². The summed E-state index contributed by atoms with van der Waals surface area (Å²) in [5.74, 6) is -0.629. The molecule has 8 heteroatoms. The van der Waals surface area contributed by atoms with E-state index in [-0.39, 0.29) is 6.04 Å². The molecule has 0 aliphatic heterocycles. The molecule has 0 fully saturated rings. The first-order valence-electron chi connectivity index (χ1n) is 8.98. The lowest BCUT2D eigenvalue weighted by Gasteiger charge is -2.20. The molecule has 4 aromatic rings. The summed E-state index contributed by atoms with van der Waals surface area (Å²) in [7, 11) is 0. The fourth-order valence-electron chi connectivity index (χ4n) is 3.15. The average molecular weight is 380 g/mol. The van der Waals surface area contributed by atoms with Gasteiger partial charge in [-0.25, -0.2) is 28.2 Å². The van der Waals surface area contributed by atoms with Crippen LogP contribution in [0.25, 0.3) is 16.9 Å². The van der Waals surface area contributed by atoms with Crippen LogP contribution < -0.4 is 5.32 Å². The van der Waals surface area contributed by atoms with Crippen molar-refractivity contribution in [1.82, 2.24) is 24.6 Å². The molecule has 142 valence electrons. The van der Waals surface area contributed by atoms with Gasteiger partial charge in [-0.1, -0.05) is 19.4 Å². The Labute approximate surface area is 160 Å². The first kappa shape index (κ1) is 18.0. The van der Waals surface area contributed by atoms with E-state index in [4.69, 9.17) is 0 Å².